The van der Waals surface area contributed by atoms with Crippen LogP contribution in [0.2, 0.25) is 0 Å². The Morgan fingerprint density at radius 3 is 2.22 bits per heavy atom. The van der Waals surface area contributed by atoms with Crippen molar-refractivity contribution in [3.05, 3.63) is 46.4 Å². The number of rotatable bonds is 6. The Morgan fingerprint density at radius 2 is 1.66 bits per heavy atom. The zero-order chi connectivity index (χ0) is 22.9. The van der Waals surface area contributed by atoms with E-state index in [1.54, 1.807) is 6.20 Å². The number of sulfonamides is 1. The van der Waals surface area contributed by atoms with Gasteiger partial charge in [-0.1, -0.05) is 26.0 Å². The summed E-state index contributed by atoms with van der Waals surface area (Å²) in [5.41, 5.74) is 2.26. The van der Waals surface area contributed by atoms with Crippen molar-refractivity contribution in [1.82, 2.24) is 14.1 Å². The van der Waals surface area contributed by atoms with Gasteiger partial charge in [0.1, 0.15) is 5.69 Å². The Balaban J connectivity index is 1.67. The molecule has 8 nitrogen and oxygen atoms in total. The topological polar surface area (TPSA) is 84.7 Å². The number of hydrogen-bond acceptors (Lipinski definition) is 6. The zero-order valence-corrected chi connectivity index (χ0v) is 19.8. The van der Waals surface area contributed by atoms with Gasteiger partial charge in [0, 0.05) is 26.2 Å². The van der Waals surface area contributed by atoms with E-state index in [-0.39, 0.29) is 11.7 Å². The fourth-order valence-electron chi connectivity index (χ4n) is 4.38. The molecule has 0 unspecified atom stereocenters. The molecule has 1 aromatic carbocycles. The van der Waals surface area contributed by atoms with Crippen molar-refractivity contribution in [3.8, 4) is 11.4 Å². The first-order chi connectivity index (χ1) is 15.2. The summed E-state index contributed by atoms with van der Waals surface area (Å²) in [6.45, 7) is 5.99. The number of ether oxygens (including phenoxy) is 1. The lowest BCUT2D eigenvalue weighted by molar-refractivity contribution is 0.205. The van der Waals surface area contributed by atoms with Crippen LogP contribution < -0.4 is 15.2 Å². The van der Waals surface area contributed by atoms with E-state index in [1.165, 1.54) is 20.8 Å². The maximum absolute atomic E-state index is 13.5. The molecule has 1 saturated heterocycles. The van der Waals surface area contributed by atoms with Crippen LogP contribution in [-0.2, 0) is 10.0 Å². The first-order valence-corrected chi connectivity index (χ1v) is 13.2. The number of nitrogens with zero attached hydrogens (tertiary/aromatic N) is 4. The molecule has 0 spiro atoms. The SMILES string of the molecule is CC(C)c1ccc(-n2ncc(N3CCN(S(C)(=O)=O)CC3)c(OC3CCCC3)c2=O)cc1. The Hall–Kier alpha value is -2.39. The molecule has 0 radical (unpaired) electrons. The van der Waals surface area contributed by atoms with Gasteiger partial charge in [-0.15, -0.1) is 0 Å². The number of benzene rings is 1. The molecule has 2 aliphatic rings. The van der Waals surface area contributed by atoms with E-state index in [1.807, 2.05) is 29.2 Å². The number of piperazine rings is 1. The third-order valence-corrected chi connectivity index (χ3v) is 7.66. The van der Waals surface area contributed by atoms with Gasteiger partial charge in [0.2, 0.25) is 15.8 Å². The molecule has 9 heteroatoms. The van der Waals surface area contributed by atoms with E-state index < -0.39 is 10.0 Å². The largest absolute Gasteiger partial charge is 0.483 e. The van der Waals surface area contributed by atoms with E-state index in [0.717, 1.165) is 25.7 Å². The molecule has 0 bridgehead atoms. The van der Waals surface area contributed by atoms with Crippen molar-refractivity contribution in [2.75, 3.05) is 37.3 Å². The third-order valence-electron chi connectivity index (χ3n) is 6.35. The maximum atomic E-state index is 13.5. The van der Waals surface area contributed by atoms with Gasteiger partial charge >= 0.3 is 5.56 Å². The zero-order valence-electron chi connectivity index (χ0n) is 19.0. The van der Waals surface area contributed by atoms with Crippen LogP contribution in [0.4, 0.5) is 5.69 Å². The summed E-state index contributed by atoms with van der Waals surface area (Å²) in [6.07, 6.45) is 7.00. The summed E-state index contributed by atoms with van der Waals surface area (Å²) >= 11 is 0. The monoisotopic (exact) mass is 460 g/mol. The Bertz CT molecular complexity index is 1100. The maximum Gasteiger partial charge on any atom is 0.316 e. The van der Waals surface area contributed by atoms with Crippen LogP contribution in [0.15, 0.2) is 35.3 Å². The van der Waals surface area contributed by atoms with E-state index >= 15 is 0 Å². The van der Waals surface area contributed by atoms with E-state index in [9.17, 15) is 13.2 Å². The van der Waals surface area contributed by atoms with Crippen molar-refractivity contribution < 1.29 is 13.2 Å². The van der Waals surface area contributed by atoms with E-state index in [4.69, 9.17) is 4.74 Å². The smallest absolute Gasteiger partial charge is 0.316 e. The predicted octanol–water partition coefficient (Wildman–Crippen LogP) is 2.76. The molecule has 1 aliphatic heterocycles. The molecular formula is C23H32N4O4S. The average molecular weight is 461 g/mol. The second-order valence-corrected chi connectivity index (χ2v) is 11.0. The quantitative estimate of drug-likeness (QED) is 0.659. The number of aromatic nitrogens is 2. The summed E-state index contributed by atoms with van der Waals surface area (Å²) in [5, 5.41) is 4.45. The molecule has 32 heavy (non-hydrogen) atoms. The van der Waals surface area contributed by atoms with Crippen molar-refractivity contribution in [2.24, 2.45) is 0 Å². The van der Waals surface area contributed by atoms with Crippen molar-refractivity contribution in [2.45, 2.75) is 51.6 Å². The molecule has 0 atom stereocenters. The van der Waals surface area contributed by atoms with Crippen LogP contribution in [0.3, 0.4) is 0 Å². The molecule has 2 fully saturated rings. The third kappa shape index (κ3) is 4.83. The van der Waals surface area contributed by atoms with Gasteiger partial charge in [-0.05, 0) is 49.3 Å². The summed E-state index contributed by atoms with van der Waals surface area (Å²) in [4.78, 5) is 15.5. The molecule has 4 rings (SSSR count). The molecule has 1 saturated carbocycles. The molecule has 1 aliphatic carbocycles. The molecule has 174 valence electrons. The van der Waals surface area contributed by atoms with Crippen LogP contribution in [0, 0.1) is 0 Å². The normalized spacial score (nSPS) is 18.4. The molecule has 0 N–H and O–H groups in total. The van der Waals surface area contributed by atoms with Crippen LogP contribution in [-0.4, -0.2) is 61.0 Å². The Kier molecular flexibility index (Phi) is 6.57. The van der Waals surface area contributed by atoms with Crippen molar-refractivity contribution in [3.63, 3.8) is 0 Å². The van der Waals surface area contributed by atoms with Crippen molar-refractivity contribution in [1.29, 1.82) is 0 Å². The number of anilines is 1. The fraction of sp³-hybridized carbons (Fsp3) is 0.565. The van der Waals surface area contributed by atoms with Gasteiger partial charge in [-0.3, -0.25) is 4.79 Å². The first kappa shape index (κ1) is 22.8. The van der Waals surface area contributed by atoms with Crippen LogP contribution >= 0.6 is 0 Å². The summed E-state index contributed by atoms with van der Waals surface area (Å²) < 4.78 is 32.8. The second kappa shape index (κ2) is 9.23. The highest BCUT2D eigenvalue weighted by atomic mass is 32.2. The molecular weight excluding hydrogens is 428 g/mol. The standard InChI is InChI=1S/C23H32N4O4S/c1-17(2)18-8-10-19(11-9-18)27-23(28)22(31-20-6-4-5-7-20)21(16-24-27)25-12-14-26(15-13-25)32(3,29)30/h8-11,16-17,20H,4-7,12-15H2,1-3H3. The fourth-order valence-corrected chi connectivity index (χ4v) is 5.21. The number of hydrogen-bond donors (Lipinski definition) is 0. The lowest BCUT2D eigenvalue weighted by Gasteiger charge is -2.35. The van der Waals surface area contributed by atoms with Gasteiger partial charge in [0.15, 0.2) is 0 Å². The van der Waals surface area contributed by atoms with Crippen LogP contribution in [0.25, 0.3) is 5.69 Å². The minimum absolute atomic E-state index is 0.0259. The Labute approximate surface area is 189 Å². The molecule has 0 amide bonds. The second-order valence-electron chi connectivity index (χ2n) is 9.00. The summed E-state index contributed by atoms with van der Waals surface area (Å²) in [7, 11) is -3.23. The van der Waals surface area contributed by atoms with Gasteiger partial charge in [-0.2, -0.15) is 14.1 Å². The summed E-state index contributed by atoms with van der Waals surface area (Å²) in [6, 6.07) is 7.86. The highest BCUT2D eigenvalue weighted by molar-refractivity contribution is 7.88. The highest BCUT2D eigenvalue weighted by Crippen LogP contribution is 2.30. The minimum Gasteiger partial charge on any atom is -0.483 e. The van der Waals surface area contributed by atoms with Crippen LogP contribution in [0.1, 0.15) is 51.0 Å². The highest BCUT2D eigenvalue weighted by Gasteiger charge is 2.28. The van der Waals surface area contributed by atoms with Gasteiger partial charge in [0.05, 0.1) is 24.2 Å². The van der Waals surface area contributed by atoms with Gasteiger partial charge in [0.25, 0.3) is 0 Å². The molecule has 2 heterocycles. The summed E-state index contributed by atoms with van der Waals surface area (Å²) in [5.74, 6) is 0.718. The van der Waals surface area contributed by atoms with Gasteiger partial charge in [-0.25, -0.2) is 8.42 Å². The van der Waals surface area contributed by atoms with E-state index in [0.29, 0.717) is 49.2 Å². The average Bonchev–Trinajstić information content (AvgIpc) is 3.28. The van der Waals surface area contributed by atoms with Crippen LogP contribution in [0.5, 0.6) is 5.75 Å². The molecule has 2 aromatic rings. The molecule has 1 aromatic heterocycles. The lowest BCUT2D eigenvalue weighted by Crippen LogP contribution is -2.49. The van der Waals surface area contributed by atoms with Gasteiger partial charge < -0.3 is 9.64 Å². The lowest BCUT2D eigenvalue weighted by atomic mass is 10.0. The van der Waals surface area contributed by atoms with E-state index in [2.05, 4.69) is 18.9 Å². The Morgan fingerprint density at radius 1 is 1.03 bits per heavy atom. The minimum atomic E-state index is -3.23. The predicted molar refractivity (Wildman–Crippen MR) is 125 cm³/mol. The van der Waals surface area contributed by atoms with Crippen molar-refractivity contribution >= 4 is 15.7 Å². The first-order valence-electron chi connectivity index (χ1n) is 11.3.